The van der Waals surface area contributed by atoms with Crippen LogP contribution in [0.4, 0.5) is 0 Å². The summed E-state index contributed by atoms with van der Waals surface area (Å²) < 4.78 is 0. The Labute approximate surface area is 261 Å². The van der Waals surface area contributed by atoms with Crippen molar-refractivity contribution in [3.63, 3.8) is 0 Å². The molecule has 0 radical (unpaired) electrons. The van der Waals surface area contributed by atoms with E-state index in [2.05, 4.69) is 116 Å². The fourth-order valence-electron chi connectivity index (χ4n) is 5.15. The van der Waals surface area contributed by atoms with Crippen LogP contribution in [0.15, 0.2) is 164 Å². The highest BCUT2D eigenvalue weighted by molar-refractivity contribution is 5.75. The summed E-state index contributed by atoms with van der Waals surface area (Å²) in [6.45, 7) is 0. The molecule has 3 N–H and O–H groups in total. The highest BCUT2D eigenvalue weighted by Crippen LogP contribution is 2.29. The molecule has 0 atom stereocenters. The third-order valence-electron chi connectivity index (χ3n) is 7.51. The largest absolute Gasteiger partial charge is 0.277 e. The molecule has 5 aromatic carbocycles. The summed E-state index contributed by atoms with van der Waals surface area (Å²) in [7, 11) is 0. The first-order chi connectivity index (χ1) is 22.3. The van der Waals surface area contributed by atoms with Crippen LogP contribution in [0.25, 0.3) is 67.5 Å². The number of aromatic amines is 3. The van der Waals surface area contributed by atoms with Gasteiger partial charge in [-0.3, -0.25) is 15.3 Å². The molecule has 6 heteroatoms. The van der Waals surface area contributed by atoms with Crippen LogP contribution in [-0.2, 0) is 0 Å². The molecule has 3 heterocycles. The van der Waals surface area contributed by atoms with Gasteiger partial charge in [0, 0.05) is 16.7 Å². The number of rotatable bonds is 6. The van der Waals surface area contributed by atoms with Crippen molar-refractivity contribution >= 4 is 0 Å². The Balaban J connectivity index is 0.000000163. The highest BCUT2D eigenvalue weighted by atomic mass is 15.1. The molecule has 3 aromatic heterocycles. The number of hydrogen-bond acceptors (Lipinski definition) is 3. The number of hydrogen-bond donors (Lipinski definition) is 3. The number of benzene rings is 5. The van der Waals surface area contributed by atoms with Crippen LogP contribution >= 0.6 is 0 Å². The van der Waals surface area contributed by atoms with E-state index in [9.17, 15) is 0 Å². The topological polar surface area (TPSA) is 86.0 Å². The van der Waals surface area contributed by atoms with E-state index in [-0.39, 0.29) is 0 Å². The minimum Gasteiger partial charge on any atom is -0.277 e. The molecule has 6 nitrogen and oxygen atoms in total. The molecule has 0 saturated heterocycles. The van der Waals surface area contributed by atoms with Crippen LogP contribution in [-0.4, -0.2) is 30.6 Å². The lowest BCUT2D eigenvalue weighted by molar-refractivity contribution is 1.10. The first kappa shape index (κ1) is 27.6. The second-order valence-electron chi connectivity index (χ2n) is 10.5. The molecule has 0 amide bonds. The van der Waals surface area contributed by atoms with Crippen LogP contribution in [0.2, 0.25) is 0 Å². The average molecular weight is 583 g/mol. The molecule has 0 aliphatic rings. The van der Waals surface area contributed by atoms with E-state index in [1.54, 1.807) is 0 Å². The predicted molar refractivity (Wildman–Crippen MR) is 182 cm³/mol. The number of nitrogens with zero attached hydrogens (tertiary/aromatic N) is 3. The number of H-pyrrole nitrogens is 3. The summed E-state index contributed by atoms with van der Waals surface area (Å²) in [6, 6.07) is 55.3. The van der Waals surface area contributed by atoms with E-state index < -0.39 is 0 Å². The van der Waals surface area contributed by atoms with Crippen molar-refractivity contribution in [2.45, 2.75) is 0 Å². The fourth-order valence-corrected chi connectivity index (χ4v) is 5.15. The van der Waals surface area contributed by atoms with Crippen molar-refractivity contribution in [1.82, 2.24) is 30.6 Å². The molecule has 0 aliphatic heterocycles. The number of nitrogens with one attached hydrogen (secondary N) is 3. The maximum Gasteiger partial charge on any atom is 0.0927 e. The molecule has 8 rings (SSSR count). The van der Waals surface area contributed by atoms with E-state index in [1.807, 2.05) is 78.9 Å². The van der Waals surface area contributed by atoms with Crippen molar-refractivity contribution in [1.29, 1.82) is 0 Å². The van der Waals surface area contributed by atoms with E-state index >= 15 is 0 Å². The first-order valence-electron chi connectivity index (χ1n) is 14.8. The van der Waals surface area contributed by atoms with Gasteiger partial charge in [0.05, 0.1) is 34.2 Å². The van der Waals surface area contributed by atoms with E-state index in [4.69, 9.17) is 0 Å². The zero-order valence-corrected chi connectivity index (χ0v) is 24.4. The minimum absolute atomic E-state index is 0.916. The summed E-state index contributed by atoms with van der Waals surface area (Å²) >= 11 is 0. The van der Waals surface area contributed by atoms with Crippen LogP contribution in [0.5, 0.6) is 0 Å². The third kappa shape index (κ3) is 6.40. The standard InChI is InChI=1S/C24H18N4.C15H12N2/c1-3-8-17(9-4-1)21-15-23(27-25-21)19-12-7-13-20(14-19)24-16-22(26-28-24)18-10-5-2-6-11-18;1-3-7-12(8-4-1)14-11-15(17-16-14)13-9-5-2-6-10-13/h1-16H,(H,25,27)(H,26,28);1-11H,(H,16,17). The van der Waals surface area contributed by atoms with Gasteiger partial charge in [-0.2, -0.15) is 15.3 Å². The van der Waals surface area contributed by atoms with Gasteiger partial charge < -0.3 is 0 Å². The van der Waals surface area contributed by atoms with Crippen molar-refractivity contribution in [3.05, 3.63) is 164 Å². The Hall–Kier alpha value is -6.27. The average Bonchev–Trinajstić information content (AvgIpc) is 3.92. The van der Waals surface area contributed by atoms with Crippen LogP contribution < -0.4 is 0 Å². The lowest BCUT2D eigenvalue weighted by Gasteiger charge is -2.00. The van der Waals surface area contributed by atoms with Gasteiger partial charge in [-0.15, -0.1) is 0 Å². The lowest BCUT2D eigenvalue weighted by atomic mass is 10.0. The fraction of sp³-hybridized carbons (Fsp3) is 0. The van der Waals surface area contributed by atoms with Gasteiger partial charge in [-0.1, -0.05) is 140 Å². The SMILES string of the molecule is c1ccc(-c2cc(-c3cccc(-c4cc(-c5ccccc5)[nH]n4)c3)n[nH]2)cc1.c1ccc(-c2cc(-c3ccccc3)[nH]n2)cc1. The molecule has 0 spiro atoms. The summed E-state index contributed by atoms with van der Waals surface area (Å²) in [6.07, 6.45) is 0. The molecular formula is C39H30N6. The quantitative estimate of drug-likeness (QED) is 0.182. The number of aromatic nitrogens is 6. The van der Waals surface area contributed by atoms with Crippen LogP contribution in [0.1, 0.15) is 0 Å². The second-order valence-corrected chi connectivity index (χ2v) is 10.5. The zero-order chi connectivity index (χ0) is 30.3. The molecule has 8 aromatic rings. The third-order valence-corrected chi connectivity index (χ3v) is 7.51. The monoisotopic (exact) mass is 582 g/mol. The summed E-state index contributed by atoms with van der Waals surface area (Å²) in [5.74, 6) is 0. The van der Waals surface area contributed by atoms with Gasteiger partial charge in [-0.05, 0) is 41.0 Å². The van der Waals surface area contributed by atoms with Gasteiger partial charge in [0.15, 0.2) is 0 Å². The van der Waals surface area contributed by atoms with Crippen molar-refractivity contribution in [3.8, 4) is 67.5 Å². The normalized spacial score (nSPS) is 10.7. The molecule has 216 valence electrons. The molecule has 0 bridgehead atoms. The van der Waals surface area contributed by atoms with Gasteiger partial charge in [0.25, 0.3) is 0 Å². The van der Waals surface area contributed by atoms with Crippen molar-refractivity contribution < 1.29 is 0 Å². The molecule has 0 saturated carbocycles. The maximum absolute atomic E-state index is 4.50. The minimum atomic E-state index is 0.916. The van der Waals surface area contributed by atoms with E-state index in [0.717, 1.165) is 67.5 Å². The summed E-state index contributed by atoms with van der Waals surface area (Å²) in [4.78, 5) is 0. The second kappa shape index (κ2) is 12.9. The Morgan fingerprint density at radius 2 is 0.556 bits per heavy atom. The Kier molecular flexibility index (Phi) is 7.92. The zero-order valence-electron chi connectivity index (χ0n) is 24.4. The molecule has 0 unspecified atom stereocenters. The van der Waals surface area contributed by atoms with Gasteiger partial charge in [-0.25, -0.2) is 0 Å². The molecule has 0 fully saturated rings. The highest BCUT2D eigenvalue weighted by Gasteiger charge is 2.10. The molecular weight excluding hydrogens is 552 g/mol. The summed E-state index contributed by atoms with van der Waals surface area (Å²) in [5, 5.41) is 22.7. The van der Waals surface area contributed by atoms with Crippen molar-refractivity contribution in [2.75, 3.05) is 0 Å². The lowest BCUT2D eigenvalue weighted by Crippen LogP contribution is -1.82. The molecule has 45 heavy (non-hydrogen) atoms. The van der Waals surface area contributed by atoms with Crippen molar-refractivity contribution in [2.24, 2.45) is 0 Å². The van der Waals surface area contributed by atoms with Crippen LogP contribution in [0.3, 0.4) is 0 Å². The van der Waals surface area contributed by atoms with E-state index in [1.165, 1.54) is 0 Å². The molecule has 0 aliphatic carbocycles. The predicted octanol–water partition coefficient (Wildman–Crippen LogP) is 9.54. The Morgan fingerprint density at radius 3 is 0.911 bits per heavy atom. The van der Waals surface area contributed by atoms with Gasteiger partial charge >= 0.3 is 0 Å². The van der Waals surface area contributed by atoms with Crippen LogP contribution in [0, 0.1) is 0 Å². The summed E-state index contributed by atoms with van der Waals surface area (Å²) in [5.41, 5.74) is 12.5. The van der Waals surface area contributed by atoms with Gasteiger partial charge in [0.2, 0.25) is 0 Å². The first-order valence-corrected chi connectivity index (χ1v) is 14.8. The Morgan fingerprint density at radius 1 is 0.267 bits per heavy atom. The maximum atomic E-state index is 4.50. The smallest absolute Gasteiger partial charge is 0.0927 e. The Bertz CT molecular complexity index is 1950. The van der Waals surface area contributed by atoms with E-state index in [0.29, 0.717) is 0 Å². The van der Waals surface area contributed by atoms with Gasteiger partial charge in [0.1, 0.15) is 0 Å².